The first-order valence-electron chi connectivity index (χ1n) is 10.8. The molecule has 4 aromatic rings. The van der Waals surface area contributed by atoms with Crippen LogP contribution in [0.4, 0.5) is 15.3 Å². The number of carbonyl (C=O) groups is 1. The van der Waals surface area contributed by atoms with Crippen molar-refractivity contribution in [3.05, 3.63) is 41.7 Å². The van der Waals surface area contributed by atoms with Gasteiger partial charge < -0.3 is 10.2 Å². The summed E-state index contributed by atoms with van der Waals surface area (Å²) in [6.07, 6.45) is 2.49. The number of hydrogen-bond acceptors (Lipinski definition) is 8. The minimum atomic E-state index is -0.624. The molecule has 33 heavy (non-hydrogen) atoms. The van der Waals surface area contributed by atoms with E-state index in [1.165, 1.54) is 30.2 Å². The summed E-state index contributed by atoms with van der Waals surface area (Å²) >= 11 is 1.45. The number of hydrogen-bond donors (Lipinski definition) is 1. The van der Waals surface area contributed by atoms with Gasteiger partial charge in [0.15, 0.2) is 5.13 Å². The third-order valence-electron chi connectivity index (χ3n) is 5.47. The zero-order valence-corrected chi connectivity index (χ0v) is 19.3. The average molecular weight is 467 g/mol. The molecule has 3 heterocycles. The van der Waals surface area contributed by atoms with E-state index in [2.05, 4.69) is 35.7 Å². The summed E-state index contributed by atoms with van der Waals surface area (Å²) in [6, 6.07) is 8.04. The molecule has 1 amide bonds. The third-order valence-corrected chi connectivity index (χ3v) is 6.60. The molecule has 1 aliphatic carbocycles. The molecule has 11 heteroatoms. The van der Waals surface area contributed by atoms with Gasteiger partial charge in [-0.3, -0.25) is 4.79 Å². The second-order valence-electron chi connectivity index (χ2n) is 8.52. The molecule has 170 valence electrons. The van der Waals surface area contributed by atoms with Gasteiger partial charge in [0, 0.05) is 19.7 Å². The number of aromatic nitrogens is 6. The van der Waals surface area contributed by atoms with E-state index in [0.29, 0.717) is 23.0 Å². The van der Waals surface area contributed by atoms with Crippen molar-refractivity contribution >= 4 is 38.4 Å². The lowest BCUT2D eigenvalue weighted by Crippen LogP contribution is -2.19. The summed E-state index contributed by atoms with van der Waals surface area (Å²) < 4.78 is 17.2. The fourth-order valence-electron chi connectivity index (χ4n) is 3.56. The van der Waals surface area contributed by atoms with E-state index in [9.17, 15) is 9.18 Å². The van der Waals surface area contributed by atoms with E-state index in [1.54, 1.807) is 28.9 Å². The number of halogens is 1. The van der Waals surface area contributed by atoms with E-state index < -0.39 is 11.7 Å². The van der Waals surface area contributed by atoms with Crippen molar-refractivity contribution in [2.75, 3.05) is 23.8 Å². The van der Waals surface area contributed by atoms with Gasteiger partial charge in [0.05, 0.1) is 21.8 Å². The van der Waals surface area contributed by atoms with Crippen molar-refractivity contribution in [2.45, 2.75) is 32.7 Å². The SMILES string of the molecule is CC(C)n1nnnc1-c1cccc(NC(=O)c2cc3sc(N(C)CC4CC4)nc3cc2F)n1. The zero-order valence-electron chi connectivity index (χ0n) is 18.5. The molecular weight excluding hydrogens is 443 g/mol. The van der Waals surface area contributed by atoms with Crippen LogP contribution >= 0.6 is 11.3 Å². The van der Waals surface area contributed by atoms with Crippen LogP contribution in [0.2, 0.25) is 0 Å². The molecule has 0 bridgehead atoms. The quantitative estimate of drug-likeness (QED) is 0.436. The van der Waals surface area contributed by atoms with Crippen molar-refractivity contribution in [3.63, 3.8) is 0 Å². The summed E-state index contributed by atoms with van der Waals surface area (Å²) in [5.41, 5.74) is 1.00. The predicted octanol–water partition coefficient (Wildman–Crippen LogP) is 4.16. The number of pyridine rings is 1. The van der Waals surface area contributed by atoms with Crippen molar-refractivity contribution in [3.8, 4) is 11.5 Å². The first-order valence-corrected chi connectivity index (χ1v) is 11.6. The smallest absolute Gasteiger partial charge is 0.259 e. The number of nitrogens with zero attached hydrogens (tertiary/aromatic N) is 7. The van der Waals surface area contributed by atoms with Crippen LogP contribution in [-0.2, 0) is 0 Å². The van der Waals surface area contributed by atoms with Crippen molar-refractivity contribution in [2.24, 2.45) is 5.92 Å². The molecule has 0 spiro atoms. The second-order valence-corrected chi connectivity index (χ2v) is 9.53. The maximum absolute atomic E-state index is 14.8. The molecule has 1 aliphatic rings. The predicted molar refractivity (Wildman–Crippen MR) is 125 cm³/mol. The standard InChI is InChI=1S/C22H23FN8OS/c1-12(2)31-20(27-28-29-31)16-5-4-6-19(24-16)26-21(32)14-9-18-17(10-15(14)23)25-22(33-18)30(3)11-13-7-8-13/h4-6,9-10,12-13H,7-8,11H2,1-3H3,(H,24,26,32). The summed E-state index contributed by atoms with van der Waals surface area (Å²) in [5, 5.41) is 15.2. The highest BCUT2D eigenvalue weighted by molar-refractivity contribution is 7.22. The van der Waals surface area contributed by atoms with Crippen LogP contribution in [0, 0.1) is 11.7 Å². The van der Waals surface area contributed by atoms with Crippen LogP contribution in [0.1, 0.15) is 43.1 Å². The van der Waals surface area contributed by atoms with Gasteiger partial charge >= 0.3 is 0 Å². The summed E-state index contributed by atoms with van der Waals surface area (Å²) in [7, 11) is 1.99. The van der Waals surface area contributed by atoms with Gasteiger partial charge in [-0.1, -0.05) is 17.4 Å². The number of tetrazole rings is 1. The number of rotatable bonds is 7. The minimum absolute atomic E-state index is 0.0449. The van der Waals surface area contributed by atoms with Gasteiger partial charge in [-0.15, -0.1) is 5.10 Å². The van der Waals surface area contributed by atoms with E-state index in [0.717, 1.165) is 16.4 Å². The molecule has 1 saturated carbocycles. The van der Waals surface area contributed by atoms with Gasteiger partial charge in [-0.2, -0.15) is 0 Å². The molecule has 5 rings (SSSR count). The molecule has 1 aromatic carbocycles. The van der Waals surface area contributed by atoms with Gasteiger partial charge in [0.1, 0.15) is 17.3 Å². The first kappa shape index (κ1) is 21.4. The molecule has 1 fully saturated rings. The average Bonchev–Trinajstić information content (AvgIpc) is 3.29. The largest absolute Gasteiger partial charge is 0.351 e. The third kappa shape index (κ3) is 4.40. The van der Waals surface area contributed by atoms with Gasteiger partial charge in [-0.25, -0.2) is 19.0 Å². The molecule has 0 saturated heterocycles. The Kier molecular flexibility index (Phi) is 5.49. The first-order chi connectivity index (χ1) is 15.9. The van der Waals surface area contributed by atoms with E-state index in [1.807, 2.05) is 20.9 Å². The Hall–Kier alpha value is -3.47. The topological polar surface area (TPSA) is 102 Å². The maximum atomic E-state index is 14.8. The Balaban J connectivity index is 1.38. The van der Waals surface area contributed by atoms with Crippen molar-refractivity contribution in [1.82, 2.24) is 30.2 Å². The molecule has 0 aliphatic heterocycles. The van der Waals surface area contributed by atoms with Gasteiger partial charge in [0.2, 0.25) is 5.82 Å². The summed E-state index contributed by atoms with van der Waals surface area (Å²) in [6.45, 7) is 4.86. The van der Waals surface area contributed by atoms with E-state index in [-0.39, 0.29) is 17.4 Å². The van der Waals surface area contributed by atoms with Crippen LogP contribution in [0.25, 0.3) is 21.7 Å². The number of anilines is 2. The Morgan fingerprint density at radius 3 is 2.88 bits per heavy atom. The summed E-state index contributed by atoms with van der Waals surface area (Å²) in [5.74, 6) is 0.282. The highest BCUT2D eigenvalue weighted by atomic mass is 32.1. The molecule has 9 nitrogen and oxygen atoms in total. The fourth-order valence-corrected chi connectivity index (χ4v) is 4.52. The van der Waals surface area contributed by atoms with Crippen LogP contribution in [0.5, 0.6) is 0 Å². The molecular formula is C22H23FN8OS. The highest BCUT2D eigenvalue weighted by Crippen LogP contribution is 2.34. The highest BCUT2D eigenvalue weighted by Gasteiger charge is 2.24. The second kappa shape index (κ2) is 8.47. The Morgan fingerprint density at radius 2 is 2.12 bits per heavy atom. The van der Waals surface area contributed by atoms with E-state index >= 15 is 0 Å². The molecule has 1 N–H and O–H groups in total. The normalized spacial score (nSPS) is 13.6. The van der Waals surface area contributed by atoms with E-state index in [4.69, 9.17) is 0 Å². The fraction of sp³-hybridized carbons (Fsp3) is 0.364. The van der Waals surface area contributed by atoms with Crippen LogP contribution in [0.15, 0.2) is 30.3 Å². The summed E-state index contributed by atoms with van der Waals surface area (Å²) in [4.78, 5) is 24.0. The number of fused-ring (bicyclic) bond motifs is 1. The Bertz CT molecular complexity index is 1330. The number of benzene rings is 1. The van der Waals surface area contributed by atoms with Gasteiger partial charge in [-0.05, 0) is 61.2 Å². The lowest BCUT2D eigenvalue weighted by Gasteiger charge is -2.14. The molecule has 0 radical (unpaired) electrons. The monoisotopic (exact) mass is 466 g/mol. The lowest BCUT2D eigenvalue weighted by atomic mass is 10.2. The number of thiazole rings is 1. The lowest BCUT2D eigenvalue weighted by molar-refractivity contribution is 0.102. The Morgan fingerprint density at radius 1 is 1.30 bits per heavy atom. The van der Waals surface area contributed by atoms with Crippen LogP contribution in [-0.4, -0.2) is 49.7 Å². The molecule has 3 aromatic heterocycles. The minimum Gasteiger partial charge on any atom is -0.351 e. The van der Waals surface area contributed by atoms with Crippen LogP contribution in [0.3, 0.4) is 0 Å². The maximum Gasteiger partial charge on any atom is 0.259 e. The Labute approximate surface area is 193 Å². The number of nitrogens with one attached hydrogen (secondary N) is 1. The van der Waals surface area contributed by atoms with Crippen molar-refractivity contribution < 1.29 is 9.18 Å². The van der Waals surface area contributed by atoms with Crippen LogP contribution < -0.4 is 10.2 Å². The van der Waals surface area contributed by atoms with Gasteiger partial charge in [0.25, 0.3) is 5.91 Å². The van der Waals surface area contributed by atoms with Crippen molar-refractivity contribution in [1.29, 1.82) is 0 Å². The number of carbonyl (C=O) groups excluding carboxylic acids is 1. The molecule has 0 unspecified atom stereocenters. The number of amides is 1. The molecule has 0 atom stereocenters. The zero-order chi connectivity index (χ0) is 23.1.